The summed E-state index contributed by atoms with van der Waals surface area (Å²) in [5.41, 5.74) is 2.46. The summed E-state index contributed by atoms with van der Waals surface area (Å²) in [4.78, 5) is 4.39. The standard InChI is InChI=1S/C18H32N2O/c1-18(2,3)16-10-8-15(9-11-16)17(21)14-20(6)13-7-12-19(4)5/h8-11,17,21H,7,12-14H2,1-6H3. The molecule has 0 aliphatic heterocycles. The van der Waals surface area contributed by atoms with Crippen molar-refractivity contribution in [2.45, 2.75) is 38.7 Å². The van der Waals surface area contributed by atoms with Crippen LogP contribution in [0.15, 0.2) is 24.3 Å². The average molecular weight is 292 g/mol. The third-order valence-corrected chi connectivity index (χ3v) is 3.79. The number of likely N-dealkylation sites (N-methyl/N-ethyl adjacent to an activating group) is 1. The summed E-state index contributed by atoms with van der Waals surface area (Å²) in [5.74, 6) is 0. The normalized spacial score (nSPS) is 14.0. The van der Waals surface area contributed by atoms with E-state index in [9.17, 15) is 5.11 Å². The summed E-state index contributed by atoms with van der Waals surface area (Å²) < 4.78 is 0. The Morgan fingerprint density at radius 2 is 1.57 bits per heavy atom. The molecule has 1 aromatic rings. The Labute approximate surface area is 130 Å². The summed E-state index contributed by atoms with van der Waals surface area (Å²) >= 11 is 0. The molecule has 1 N–H and O–H groups in total. The van der Waals surface area contributed by atoms with E-state index in [1.807, 2.05) is 0 Å². The van der Waals surface area contributed by atoms with Gasteiger partial charge in [-0.05, 0) is 57.2 Å². The Hall–Kier alpha value is -0.900. The molecule has 1 unspecified atom stereocenters. The molecule has 0 aliphatic carbocycles. The predicted octanol–water partition coefficient (Wildman–Crippen LogP) is 2.90. The van der Waals surface area contributed by atoms with Gasteiger partial charge in [0.15, 0.2) is 0 Å². The van der Waals surface area contributed by atoms with Crippen LogP contribution in [0.25, 0.3) is 0 Å². The highest BCUT2D eigenvalue weighted by Gasteiger charge is 2.15. The Kier molecular flexibility index (Phi) is 6.85. The van der Waals surface area contributed by atoms with E-state index in [2.05, 4.69) is 76.0 Å². The zero-order chi connectivity index (χ0) is 16.0. The molecule has 21 heavy (non-hydrogen) atoms. The second kappa shape index (κ2) is 7.92. The molecular weight excluding hydrogens is 260 g/mol. The molecule has 1 aromatic carbocycles. The van der Waals surface area contributed by atoms with Crippen molar-refractivity contribution in [3.8, 4) is 0 Å². The minimum absolute atomic E-state index is 0.159. The van der Waals surface area contributed by atoms with Gasteiger partial charge in [-0.1, -0.05) is 45.0 Å². The zero-order valence-corrected chi connectivity index (χ0v) is 14.6. The molecule has 120 valence electrons. The molecular formula is C18H32N2O. The minimum atomic E-state index is -0.414. The van der Waals surface area contributed by atoms with E-state index in [4.69, 9.17) is 0 Å². The van der Waals surface area contributed by atoms with Crippen LogP contribution in [0.1, 0.15) is 44.4 Å². The summed E-state index contributed by atoms with van der Waals surface area (Å²) in [7, 11) is 6.25. The largest absolute Gasteiger partial charge is 0.387 e. The number of rotatable bonds is 7. The van der Waals surface area contributed by atoms with Crippen LogP contribution < -0.4 is 0 Å². The maximum atomic E-state index is 10.3. The first-order valence-corrected chi connectivity index (χ1v) is 7.82. The molecule has 0 amide bonds. The number of aliphatic hydroxyl groups is 1. The van der Waals surface area contributed by atoms with Gasteiger partial charge in [0.1, 0.15) is 0 Å². The van der Waals surface area contributed by atoms with Gasteiger partial charge in [-0.15, -0.1) is 0 Å². The number of nitrogens with zero attached hydrogens (tertiary/aromatic N) is 2. The van der Waals surface area contributed by atoms with Crippen LogP contribution in [0, 0.1) is 0 Å². The molecule has 0 radical (unpaired) electrons. The Morgan fingerprint density at radius 1 is 1.00 bits per heavy atom. The monoisotopic (exact) mass is 292 g/mol. The second-order valence-corrected chi connectivity index (χ2v) is 7.31. The van der Waals surface area contributed by atoms with Crippen LogP contribution in [-0.2, 0) is 5.41 Å². The third-order valence-electron chi connectivity index (χ3n) is 3.79. The SMILES string of the molecule is CN(C)CCCN(C)CC(O)c1ccc(C(C)(C)C)cc1. The lowest BCUT2D eigenvalue weighted by atomic mass is 9.86. The quantitative estimate of drug-likeness (QED) is 0.837. The Balaban J connectivity index is 2.49. The molecule has 1 atom stereocenters. The fourth-order valence-electron chi connectivity index (χ4n) is 2.35. The average Bonchev–Trinajstić information content (AvgIpc) is 2.37. The fourth-order valence-corrected chi connectivity index (χ4v) is 2.35. The first-order valence-electron chi connectivity index (χ1n) is 7.82. The van der Waals surface area contributed by atoms with Crippen molar-refractivity contribution in [1.82, 2.24) is 9.80 Å². The van der Waals surface area contributed by atoms with Crippen LogP contribution >= 0.6 is 0 Å². The van der Waals surface area contributed by atoms with E-state index in [0.29, 0.717) is 6.54 Å². The molecule has 3 nitrogen and oxygen atoms in total. The predicted molar refractivity (Wildman–Crippen MR) is 90.8 cm³/mol. The lowest BCUT2D eigenvalue weighted by Gasteiger charge is -2.23. The number of benzene rings is 1. The van der Waals surface area contributed by atoms with E-state index < -0.39 is 6.10 Å². The lowest BCUT2D eigenvalue weighted by molar-refractivity contribution is 0.125. The van der Waals surface area contributed by atoms with E-state index in [0.717, 1.165) is 25.1 Å². The van der Waals surface area contributed by atoms with Crippen molar-refractivity contribution in [1.29, 1.82) is 0 Å². The summed E-state index contributed by atoms with van der Waals surface area (Å²) in [6.07, 6.45) is 0.711. The van der Waals surface area contributed by atoms with Crippen molar-refractivity contribution in [3.05, 3.63) is 35.4 Å². The summed E-state index contributed by atoms with van der Waals surface area (Å²) in [5, 5.41) is 10.3. The van der Waals surface area contributed by atoms with Crippen LogP contribution in [0.2, 0.25) is 0 Å². The topological polar surface area (TPSA) is 26.7 Å². The fraction of sp³-hybridized carbons (Fsp3) is 0.667. The van der Waals surface area contributed by atoms with Gasteiger partial charge in [-0.2, -0.15) is 0 Å². The zero-order valence-electron chi connectivity index (χ0n) is 14.6. The maximum Gasteiger partial charge on any atom is 0.0916 e. The van der Waals surface area contributed by atoms with Crippen LogP contribution in [0.3, 0.4) is 0 Å². The molecule has 0 saturated heterocycles. The molecule has 0 heterocycles. The van der Waals surface area contributed by atoms with Gasteiger partial charge in [-0.25, -0.2) is 0 Å². The number of aliphatic hydroxyl groups excluding tert-OH is 1. The van der Waals surface area contributed by atoms with Crippen LogP contribution in [0.5, 0.6) is 0 Å². The van der Waals surface area contributed by atoms with Crippen molar-refractivity contribution in [2.24, 2.45) is 0 Å². The maximum absolute atomic E-state index is 10.3. The molecule has 0 spiro atoms. The van der Waals surface area contributed by atoms with Gasteiger partial charge in [0.2, 0.25) is 0 Å². The molecule has 1 rings (SSSR count). The van der Waals surface area contributed by atoms with E-state index in [1.54, 1.807) is 0 Å². The molecule has 0 aromatic heterocycles. The lowest BCUT2D eigenvalue weighted by Crippen LogP contribution is -2.28. The van der Waals surface area contributed by atoms with Gasteiger partial charge in [0.25, 0.3) is 0 Å². The van der Waals surface area contributed by atoms with E-state index in [-0.39, 0.29) is 5.41 Å². The summed E-state index contributed by atoms with van der Waals surface area (Å²) in [6.45, 7) is 9.39. The van der Waals surface area contributed by atoms with Crippen LogP contribution in [0.4, 0.5) is 0 Å². The van der Waals surface area contributed by atoms with Gasteiger partial charge in [0.05, 0.1) is 6.10 Å². The Morgan fingerprint density at radius 3 is 2.05 bits per heavy atom. The highest BCUT2D eigenvalue weighted by Crippen LogP contribution is 2.24. The first kappa shape index (κ1) is 18.1. The smallest absolute Gasteiger partial charge is 0.0916 e. The van der Waals surface area contributed by atoms with Gasteiger partial charge in [0, 0.05) is 6.54 Å². The molecule has 0 saturated carbocycles. The van der Waals surface area contributed by atoms with Crippen LogP contribution in [-0.4, -0.2) is 55.7 Å². The minimum Gasteiger partial charge on any atom is -0.387 e. The van der Waals surface area contributed by atoms with E-state index >= 15 is 0 Å². The third kappa shape index (κ3) is 6.60. The summed E-state index contributed by atoms with van der Waals surface area (Å²) in [6, 6.07) is 8.37. The molecule has 0 fully saturated rings. The number of hydrogen-bond donors (Lipinski definition) is 1. The van der Waals surface area contributed by atoms with E-state index in [1.165, 1.54) is 5.56 Å². The van der Waals surface area contributed by atoms with Gasteiger partial charge >= 0.3 is 0 Å². The van der Waals surface area contributed by atoms with Crippen molar-refractivity contribution < 1.29 is 5.11 Å². The first-order chi connectivity index (χ1) is 9.70. The highest BCUT2D eigenvalue weighted by molar-refractivity contribution is 5.28. The van der Waals surface area contributed by atoms with Gasteiger partial charge in [-0.3, -0.25) is 0 Å². The molecule has 0 aliphatic rings. The van der Waals surface area contributed by atoms with Crippen molar-refractivity contribution >= 4 is 0 Å². The van der Waals surface area contributed by atoms with Gasteiger partial charge < -0.3 is 14.9 Å². The Bertz CT molecular complexity index is 406. The van der Waals surface area contributed by atoms with Crippen molar-refractivity contribution in [3.63, 3.8) is 0 Å². The number of hydrogen-bond acceptors (Lipinski definition) is 3. The highest BCUT2D eigenvalue weighted by atomic mass is 16.3. The molecule has 3 heteroatoms. The molecule has 0 bridgehead atoms. The van der Waals surface area contributed by atoms with Crippen molar-refractivity contribution in [2.75, 3.05) is 40.8 Å². The second-order valence-electron chi connectivity index (χ2n) is 7.31.